The summed E-state index contributed by atoms with van der Waals surface area (Å²) in [6.45, 7) is 2.16. The molecule has 4 heteroatoms. The van der Waals surface area contributed by atoms with Crippen LogP contribution in [0.3, 0.4) is 0 Å². The van der Waals surface area contributed by atoms with Gasteiger partial charge in [-0.15, -0.1) is 0 Å². The lowest BCUT2D eigenvalue weighted by molar-refractivity contribution is 0.960. The van der Waals surface area contributed by atoms with Gasteiger partial charge in [-0.3, -0.25) is 4.79 Å². The molecule has 2 heterocycles. The molecular weight excluding hydrogens is 346 g/mol. The molecule has 1 N–H and O–H groups in total. The van der Waals surface area contributed by atoms with E-state index in [9.17, 15) is 4.79 Å². The van der Waals surface area contributed by atoms with Gasteiger partial charge in [0.25, 0.3) is 5.56 Å². The molecule has 2 aromatic heterocycles. The summed E-state index contributed by atoms with van der Waals surface area (Å²) in [5, 5.41) is 0.997. The van der Waals surface area contributed by atoms with Crippen LogP contribution in [0.2, 0.25) is 0 Å². The Bertz CT molecular complexity index is 1330. The van der Waals surface area contributed by atoms with Crippen LogP contribution in [0.15, 0.2) is 83.7 Å². The average Bonchev–Trinajstić information content (AvgIpc) is 3.17. The topological polar surface area (TPSA) is 50.7 Å². The summed E-state index contributed by atoms with van der Waals surface area (Å²) in [6, 6.07) is 26.0. The van der Waals surface area contributed by atoms with E-state index in [1.54, 1.807) is 10.6 Å². The lowest BCUT2D eigenvalue weighted by atomic mass is 10.0. The first kappa shape index (κ1) is 16.5. The van der Waals surface area contributed by atoms with Crippen molar-refractivity contribution < 1.29 is 0 Å². The van der Waals surface area contributed by atoms with Crippen LogP contribution >= 0.6 is 0 Å². The third-order valence-corrected chi connectivity index (χ3v) is 5.18. The predicted molar refractivity (Wildman–Crippen MR) is 114 cm³/mol. The van der Waals surface area contributed by atoms with Crippen molar-refractivity contribution in [2.45, 2.75) is 13.3 Å². The largest absolute Gasteiger partial charge is 0.323 e. The fraction of sp³-hybridized carbons (Fsp3) is 0.0833. The molecule has 3 aromatic carbocycles. The number of aryl methyl sites for hydroxylation is 1. The first-order valence-corrected chi connectivity index (χ1v) is 9.43. The van der Waals surface area contributed by atoms with E-state index in [0.717, 1.165) is 33.9 Å². The Balaban J connectivity index is 1.67. The number of hydrogen-bond donors (Lipinski definition) is 1. The van der Waals surface area contributed by atoms with Gasteiger partial charge in [0.05, 0.1) is 16.6 Å². The number of hydrogen-bond acceptors (Lipinski definition) is 2. The second kappa shape index (κ2) is 6.50. The summed E-state index contributed by atoms with van der Waals surface area (Å²) >= 11 is 0. The quantitative estimate of drug-likeness (QED) is 0.484. The molecule has 0 saturated heterocycles. The summed E-state index contributed by atoms with van der Waals surface area (Å²) in [6.07, 6.45) is 1.03. The number of H-pyrrole nitrogens is 1. The third kappa shape index (κ3) is 2.70. The first-order valence-electron chi connectivity index (χ1n) is 9.43. The van der Waals surface area contributed by atoms with Gasteiger partial charge in [0.15, 0.2) is 0 Å². The highest BCUT2D eigenvalue weighted by molar-refractivity contribution is 5.86. The maximum atomic E-state index is 12.6. The number of para-hydroxylation sites is 2. The molecule has 0 aliphatic carbocycles. The van der Waals surface area contributed by atoms with E-state index in [4.69, 9.17) is 0 Å². The van der Waals surface area contributed by atoms with Crippen LogP contribution in [0.1, 0.15) is 12.5 Å². The maximum absolute atomic E-state index is 12.6. The van der Waals surface area contributed by atoms with Gasteiger partial charge < -0.3 is 4.98 Å². The van der Waals surface area contributed by atoms with Gasteiger partial charge >= 0.3 is 0 Å². The highest BCUT2D eigenvalue weighted by Gasteiger charge is 2.11. The van der Waals surface area contributed by atoms with Crippen molar-refractivity contribution >= 4 is 21.9 Å². The molecule has 136 valence electrons. The summed E-state index contributed by atoms with van der Waals surface area (Å²) in [5.41, 5.74) is 6.10. The molecule has 0 fully saturated rings. The number of nitrogens with zero attached hydrogens (tertiary/aromatic N) is 2. The fourth-order valence-corrected chi connectivity index (χ4v) is 3.62. The summed E-state index contributed by atoms with van der Waals surface area (Å²) in [4.78, 5) is 20.5. The zero-order valence-corrected chi connectivity index (χ0v) is 15.5. The molecule has 0 saturated carbocycles. The van der Waals surface area contributed by atoms with Crippen molar-refractivity contribution in [1.82, 2.24) is 14.5 Å². The molecule has 0 amide bonds. The lowest BCUT2D eigenvalue weighted by Gasteiger charge is -2.09. The number of imidazole rings is 1. The summed E-state index contributed by atoms with van der Waals surface area (Å²) in [7, 11) is 0. The standard InChI is InChI=1S/C24H19N3O/c1-2-16-7-9-17(10-8-16)18-11-13-22-19(15-18)12-14-23(28)27(22)24-25-20-5-3-4-6-21(20)26-24/h3-15H,2H2,1H3,(H,25,26). The fourth-order valence-electron chi connectivity index (χ4n) is 3.62. The van der Waals surface area contributed by atoms with Gasteiger partial charge in [-0.2, -0.15) is 0 Å². The Kier molecular flexibility index (Phi) is 3.83. The van der Waals surface area contributed by atoms with E-state index < -0.39 is 0 Å². The van der Waals surface area contributed by atoms with Crippen LogP contribution in [0.25, 0.3) is 39.0 Å². The molecule has 0 atom stereocenters. The number of rotatable bonds is 3. The molecular formula is C24H19N3O. The molecule has 5 aromatic rings. The van der Waals surface area contributed by atoms with Gasteiger partial charge in [-0.05, 0) is 58.8 Å². The minimum Gasteiger partial charge on any atom is -0.323 e. The zero-order valence-electron chi connectivity index (χ0n) is 15.5. The molecule has 0 aliphatic heterocycles. The monoisotopic (exact) mass is 365 g/mol. The summed E-state index contributed by atoms with van der Waals surface area (Å²) < 4.78 is 1.64. The van der Waals surface area contributed by atoms with E-state index >= 15 is 0 Å². The van der Waals surface area contributed by atoms with Crippen LogP contribution in [0.5, 0.6) is 0 Å². The van der Waals surface area contributed by atoms with E-state index in [2.05, 4.69) is 53.3 Å². The molecule has 0 bridgehead atoms. The third-order valence-electron chi connectivity index (χ3n) is 5.18. The van der Waals surface area contributed by atoms with Gasteiger partial charge in [-0.1, -0.05) is 49.4 Å². The molecule has 0 aliphatic rings. The Labute approximate surface area is 162 Å². The van der Waals surface area contributed by atoms with Crippen LogP contribution in [0.4, 0.5) is 0 Å². The number of pyridine rings is 1. The molecule has 4 nitrogen and oxygen atoms in total. The van der Waals surface area contributed by atoms with Crippen molar-refractivity contribution in [3.63, 3.8) is 0 Å². The van der Waals surface area contributed by atoms with Crippen molar-refractivity contribution in [2.75, 3.05) is 0 Å². The first-order chi connectivity index (χ1) is 13.7. The van der Waals surface area contributed by atoms with Crippen molar-refractivity contribution in [2.24, 2.45) is 0 Å². The van der Waals surface area contributed by atoms with E-state index in [0.29, 0.717) is 5.95 Å². The number of aromatic amines is 1. The van der Waals surface area contributed by atoms with Crippen molar-refractivity contribution in [1.29, 1.82) is 0 Å². The zero-order chi connectivity index (χ0) is 19.1. The number of nitrogens with one attached hydrogen (secondary N) is 1. The number of aromatic nitrogens is 3. The SMILES string of the molecule is CCc1ccc(-c2ccc3c(ccc(=O)n3-c3nc4ccccc4[nH]3)c2)cc1. The van der Waals surface area contributed by atoms with Crippen LogP contribution < -0.4 is 5.56 Å². The highest BCUT2D eigenvalue weighted by atomic mass is 16.1. The molecule has 0 spiro atoms. The summed E-state index contributed by atoms with van der Waals surface area (Å²) in [5.74, 6) is 0.539. The van der Waals surface area contributed by atoms with Crippen LogP contribution in [-0.2, 0) is 6.42 Å². The van der Waals surface area contributed by atoms with Gasteiger partial charge in [0.2, 0.25) is 5.95 Å². The molecule has 0 radical (unpaired) electrons. The maximum Gasteiger partial charge on any atom is 0.257 e. The van der Waals surface area contributed by atoms with E-state index in [-0.39, 0.29) is 5.56 Å². The normalized spacial score (nSPS) is 11.3. The smallest absolute Gasteiger partial charge is 0.257 e. The second-order valence-corrected chi connectivity index (χ2v) is 6.91. The second-order valence-electron chi connectivity index (χ2n) is 6.91. The van der Waals surface area contributed by atoms with Gasteiger partial charge in [-0.25, -0.2) is 9.55 Å². The van der Waals surface area contributed by atoms with Crippen LogP contribution in [0, 0.1) is 0 Å². The molecule has 28 heavy (non-hydrogen) atoms. The van der Waals surface area contributed by atoms with Crippen LogP contribution in [-0.4, -0.2) is 14.5 Å². The average molecular weight is 365 g/mol. The van der Waals surface area contributed by atoms with Gasteiger partial charge in [0.1, 0.15) is 0 Å². The minimum absolute atomic E-state index is 0.105. The Morgan fingerprint density at radius 1 is 0.893 bits per heavy atom. The lowest BCUT2D eigenvalue weighted by Crippen LogP contribution is -2.18. The van der Waals surface area contributed by atoms with E-state index in [1.165, 1.54) is 11.1 Å². The molecule has 0 unspecified atom stereocenters. The number of benzene rings is 3. The highest BCUT2D eigenvalue weighted by Crippen LogP contribution is 2.25. The molecule has 5 rings (SSSR count). The Hall–Kier alpha value is -3.66. The Morgan fingerprint density at radius 2 is 1.68 bits per heavy atom. The Morgan fingerprint density at radius 3 is 2.46 bits per heavy atom. The number of fused-ring (bicyclic) bond motifs is 2. The van der Waals surface area contributed by atoms with Crippen molar-refractivity contribution in [3.05, 3.63) is 94.8 Å². The van der Waals surface area contributed by atoms with Gasteiger partial charge in [0, 0.05) is 6.07 Å². The van der Waals surface area contributed by atoms with Crippen molar-refractivity contribution in [3.8, 4) is 17.1 Å². The minimum atomic E-state index is -0.105. The predicted octanol–water partition coefficient (Wildman–Crippen LogP) is 5.10. The van der Waals surface area contributed by atoms with E-state index in [1.807, 2.05) is 36.4 Å².